The van der Waals surface area contributed by atoms with E-state index >= 15 is 0 Å². The molecule has 0 spiro atoms. The molecular formula is C22H22F2N4O3S. The number of carbonyl (C=O) groups is 1. The fraction of sp³-hybridized carbons (Fsp3) is 0.364. The minimum atomic E-state index is -3.10. The molecular weight excluding hydrogens is 438 g/mol. The fourth-order valence-electron chi connectivity index (χ4n) is 4.68. The fourth-order valence-corrected chi connectivity index (χ4v) is 6.36. The van der Waals surface area contributed by atoms with Crippen LogP contribution in [0.4, 0.5) is 14.5 Å². The molecule has 0 bridgehead atoms. The summed E-state index contributed by atoms with van der Waals surface area (Å²) in [5, 5.41) is 7.03. The molecule has 32 heavy (non-hydrogen) atoms. The van der Waals surface area contributed by atoms with Gasteiger partial charge in [0, 0.05) is 30.5 Å². The summed E-state index contributed by atoms with van der Waals surface area (Å²) in [6.07, 6.45) is 5.23. The maximum absolute atomic E-state index is 13.8. The number of benzene rings is 1. The zero-order chi connectivity index (χ0) is 22.5. The van der Waals surface area contributed by atoms with Gasteiger partial charge in [-0.1, -0.05) is 0 Å². The number of aromatic nitrogens is 2. The van der Waals surface area contributed by atoms with Crippen LogP contribution in [-0.4, -0.2) is 48.0 Å². The molecule has 3 aromatic rings. The monoisotopic (exact) mass is 460 g/mol. The Balaban J connectivity index is 1.43. The van der Waals surface area contributed by atoms with E-state index in [2.05, 4.69) is 15.3 Å². The van der Waals surface area contributed by atoms with Gasteiger partial charge in [0.05, 0.1) is 34.8 Å². The molecule has 1 aromatic carbocycles. The summed E-state index contributed by atoms with van der Waals surface area (Å²) in [6, 6.07) is 6.70. The number of amides is 1. The van der Waals surface area contributed by atoms with Crippen LogP contribution in [0.3, 0.4) is 0 Å². The van der Waals surface area contributed by atoms with Crippen LogP contribution in [-0.2, 0) is 9.84 Å². The van der Waals surface area contributed by atoms with Crippen molar-refractivity contribution >= 4 is 26.9 Å². The molecule has 0 radical (unpaired) electrons. The largest absolute Gasteiger partial charge is 0.364 e. The average molecular weight is 461 g/mol. The van der Waals surface area contributed by atoms with Crippen LogP contribution in [0.15, 0.2) is 42.7 Å². The predicted octanol–water partition coefficient (Wildman–Crippen LogP) is 2.87. The molecule has 2 aromatic heterocycles. The number of fused-ring (bicyclic) bond motifs is 1. The highest BCUT2D eigenvalue weighted by Gasteiger charge is 2.30. The number of sulfone groups is 1. The molecule has 1 unspecified atom stereocenters. The molecule has 1 N–H and O–H groups in total. The molecule has 2 atom stereocenters. The second-order valence-electron chi connectivity index (χ2n) is 8.40. The van der Waals surface area contributed by atoms with Crippen molar-refractivity contribution < 1.29 is 22.0 Å². The van der Waals surface area contributed by atoms with E-state index in [-0.39, 0.29) is 23.5 Å². The maximum atomic E-state index is 13.8. The van der Waals surface area contributed by atoms with Crippen LogP contribution >= 0.6 is 0 Å². The van der Waals surface area contributed by atoms with Crippen LogP contribution in [0.25, 0.3) is 5.52 Å². The molecule has 10 heteroatoms. The summed E-state index contributed by atoms with van der Waals surface area (Å²) >= 11 is 0. The van der Waals surface area contributed by atoms with E-state index in [1.54, 1.807) is 10.7 Å². The van der Waals surface area contributed by atoms with Gasteiger partial charge in [0.15, 0.2) is 9.84 Å². The van der Waals surface area contributed by atoms with Gasteiger partial charge >= 0.3 is 0 Å². The summed E-state index contributed by atoms with van der Waals surface area (Å²) in [6.45, 7) is 0.717. The molecule has 7 nitrogen and oxygen atoms in total. The van der Waals surface area contributed by atoms with E-state index in [9.17, 15) is 22.0 Å². The highest BCUT2D eigenvalue weighted by atomic mass is 32.2. The third-order valence-electron chi connectivity index (χ3n) is 6.17. The second kappa shape index (κ2) is 7.84. The topological polar surface area (TPSA) is 83.8 Å². The molecule has 2 aliphatic rings. The molecule has 2 fully saturated rings. The minimum absolute atomic E-state index is 0.0527. The molecule has 1 amide bonds. The molecule has 5 rings (SSSR count). The maximum Gasteiger partial charge on any atom is 0.255 e. The Morgan fingerprint density at radius 1 is 1.12 bits per heavy atom. The number of hydrogen-bond acceptors (Lipinski definition) is 5. The summed E-state index contributed by atoms with van der Waals surface area (Å²) in [5.74, 6) is -1.56. The Kier molecular flexibility index (Phi) is 5.11. The zero-order valence-corrected chi connectivity index (χ0v) is 18.0. The van der Waals surface area contributed by atoms with E-state index in [4.69, 9.17) is 0 Å². The highest BCUT2D eigenvalue weighted by Crippen LogP contribution is 2.37. The van der Waals surface area contributed by atoms with Gasteiger partial charge < -0.3 is 10.2 Å². The van der Waals surface area contributed by atoms with Crippen molar-refractivity contribution in [3.8, 4) is 0 Å². The van der Waals surface area contributed by atoms with Gasteiger partial charge in [-0.25, -0.2) is 21.7 Å². The van der Waals surface area contributed by atoms with Crippen LogP contribution < -0.4 is 10.2 Å². The Labute approximate surface area is 183 Å². The van der Waals surface area contributed by atoms with Crippen LogP contribution in [0, 0.1) is 11.6 Å². The van der Waals surface area contributed by atoms with E-state index in [1.807, 2.05) is 12.1 Å². The number of halogens is 2. The van der Waals surface area contributed by atoms with Crippen molar-refractivity contribution in [2.24, 2.45) is 0 Å². The number of rotatable bonds is 4. The lowest BCUT2D eigenvalue weighted by Gasteiger charge is -2.27. The summed E-state index contributed by atoms with van der Waals surface area (Å²) in [7, 11) is -3.10. The van der Waals surface area contributed by atoms with E-state index in [0.29, 0.717) is 29.6 Å². The smallest absolute Gasteiger partial charge is 0.255 e. The van der Waals surface area contributed by atoms with Crippen molar-refractivity contribution in [3.05, 3.63) is 65.5 Å². The molecule has 2 saturated heterocycles. The lowest BCUT2D eigenvalue weighted by atomic mass is 10.0. The molecule has 0 saturated carbocycles. The summed E-state index contributed by atoms with van der Waals surface area (Å²) in [5.41, 5.74) is 2.33. The third-order valence-corrected chi connectivity index (χ3v) is 7.94. The van der Waals surface area contributed by atoms with E-state index in [1.165, 1.54) is 18.3 Å². The van der Waals surface area contributed by atoms with Crippen molar-refractivity contribution in [2.45, 2.75) is 31.3 Å². The lowest BCUT2D eigenvalue weighted by molar-refractivity contribution is 0.0943. The van der Waals surface area contributed by atoms with Gasteiger partial charge in [-0.3, -0.25) is 4.79 Å². The lowest BCUT2D eigenvalue weighted by Crippen LogP contribution is -2.35. The van der Waals surface area contributed by atoms with E-state index in [0.717, 1.165) is 24.6 Å². The van der Waals surface area contributed by atoms with Gasteiger partial charge in [0.2, 0.25) is 0 Å². The van der Waals surface area contributed by atoms with Crippen molar-refractivity contribution in [2.75, 3.05) is 23.0 Å². The first-order valence-electron chi connectivity index (χ1n) is 10.5. The number of nitrogens with zero attached hydrogens (tertiary/aromatic N) is 3. The number of hydrogen-bond donors (Lipinski definition) is 1. The summed E-state index contributed by atoms with van der Waals surface area (Å²) < 4.78 is 52.5. The normalized spacial score (nSPS) is 22.5. The molecule has 0 aliphatic carbocycles. The van der Waals surface area contributed by atoms with E-state index < -0.39 is 27.5 Å². The zero-order valence-electron chi connectivity index (χ0n) is 17.2. The van der Waals surface area contributed by atoms with Crippen molar-refractivity contribution in [1.29, 1.82) is 0 Å². The highest BCUT2D eigenvalue weighted by molar-refractivity contribution is 7.91. The van der Waals surface area contributed by atoms with Gasteiger partial charge in [-0.2, -0.15) is 5.10 Å². The number of anilines is 1. The van der Waals surface area contributed by atoms with Crippen LogP contribution in [0.1, 0.15) is 41.2 Å². The first kappa shape index (κ1) is 20.9. The predicted molar refractivity (Wildman–Crippen MR) is 115 cm³/mol. The van der Waals surface area contributed by atoms with Gasteiger partial charge in [-0.05, 0) is 49.1 Å². The number of nitrogens with one attached hydrogen (secondary N) is 1. The standard InChI is InChI=1S/C22H22F2N4O3S/c23-15-8-14(9-16(24)10-15)20-2-1-5-27(20)18-3-6-28-21(11-18)19(12-25-28)22(29)26-17-4-7-32(30,31)13-17/h3,6,8-12,17,20H,1-2,4-5,7,13H2,(H,26,29)/t17?,20-/m1/s1. The van der Waals surface area contributed by atoms with Gasteiger partial charge in [0.25, 0.3) is 5.91 Å². The third kappa shape index (κ3) is 3.94. The van der Waals surface area contributed by atoms with Crippen LogP contribution in [0.2, 0.25) is 0 Å². The quantitative estimate of drug-likeness (QED) is 0.647. The second-order valence-corrected chi connectivity index (χ2v) is 10.6. The van der Waals surface area contributed by atoms with Crippen molar-refractivity contribution in [1.82, 2.24) is 14.9 Å². The minimum Gasteiger partial charge on any atom is -0.364 e. The molecule has 2 aliphatic heterocycles. The first-order valence-corrected chi connectivity index (χ1v) is 12.3. The Morgan fingerprint density at radius 2 is 1.91 bits per heavy atom. The van der Waals surface area contributed by atoms with Gasteiger partial charge in [0.1, 0.15) is 11.6 Å². The SMILES string of the molecule is O=C(NC1CCS(=O)(=O)C1)c1cnn2ccc(N3CCC[C@@H]3c3cc(F)cc(F)c3)cc12. The Bertz CT molecular complexity index is 1290. The Morgan fingerprint density at radius 3 is 2.62 bits per heavy atom. The first-order chi connectivity index (χ1) is 15.3. The van der Waals surface area contributed by atoms with Crippen molar-refractivity contribution in [3.63, 3.8) is 0 Å². The Hall–Kier alpha value is -3.01. The molecule has 4 heterocycles. The number of carbonyl (C=O) groups excluding carboxylic acids is 1. The molecule has 168 valence electrons. The van der Waals surface area contributed by atoms with Gasteiger partial charge in [-0.15, -0.1) is 0 Å². The summed E-state index contributed by atoms with van der Waals surface area (Å²) in [4.78, 5) is 14.9. The van der Waals surface area contributed by atoms with Crippen LogP contribution in [0.5, 0.6) is 0 Å². The average Bonchev–Trinajstić information content (AvgIpc) is 3.44. The number of pyridine rings is 1.